The lowest BCUT2D eigenvalue weighted by Crippen LogP contribution is -2.32. The van der Waals surface area contributed by atoms with E-state index in [2.05, 4.69) is 5.32 Å². The first-order valence-corrected chi connectivity index (χ1v) is 4.75. The molecule has 76 valence electrons. The number of nitrogens with two attached hydrogens (primary N) is 1. The summed E-state index contributed by atoms with van der Waals surface area (Å²) < 4.78 is 0. The number of benzene rings is 1. The van der Waals surface area contributed by atoms with Crippen LogP contribution in [0.4, 0.5) is 0 Å². The zero-order valence-corrected chi connectivity index (χ0v) is 8.36. The maximum Gasteiger partial charge on any atom is 0.224 e. The lowest BCUT2D eigenvalue weighted by Gasteiger charge is -2.09. The van der Waals surface area contributed by atoms with E-state index in [1.807, 2.05) is 37.3 Å². The van der Waals surface area contributed by atoms with Crippen LogP contribution in [0.25, 0.3) is 0 Å². The van der Waals surface area contributed by atoms with Crippen molar-refractivity contribution in [2.75, 3.05) is 6.54 Å². The van der Waals surface area contributed by atoms with Crippen molar-refractivity contribution in [2.24, 2.45) is 11.7 Å². The molecule has 0 aliphatic carbocycles. The highest BCUT2D eigenvalue weighted by molar-refractivity contribution is 5.78. The predicted molar refractivity (Wildman–Crippen MR) is 56.5 cm³/mol. The molecule has 0 saturated heterocycles. The minimum absolute atomic E-state index is 0.0105. The lowest BCUT2D eigenvalue weighted by molar-refractivity contribution is -0.124. The Labute approximate surface area is 84.3 Å². The Bertz CT molecular complexity index is 285. The van der Waals surface area contributed by atoms with Gasteiger partial charge in [0.05, 0.1) is 0 Å². The third-order valence-electron chi connectivity index (χ3n) is 2.11. The molecule has 0 spiro atoms. The van der Waals surface area contributed by atoms with E-state index < -0.39 is 0 Å². The van der Waals surface area contributed by atoms with Crippen LogP contribution in [0.1, 0.15) is 12.5 Å². The highest BCUT2D eigenvalue weighted by atomic mass is 16.1. The summed E-state index contributed by atoms with van der Waals surface area (Å²) in [5.74, 6) is -0.102. The number of amides is 1. The molecule has 1 aromatic rings. The van der Waals surface area contributed by atoms with E-state index in [0.29, 0.717) is 13.1 Å². The summed E-state index contributed by atoms with van der Waals surface area (Å²) in [5.41, 5.74) is 6.48. The van der Waals surface area contributed by atoms with E-state index in [-0.39, 0.29) is 11.8 Å². The van der Waals surface area contributed by atoms with Crippen molar-refractivity contribution in [3.05, 3.63) is 35.9 Å². The minimum atomic E-state index is -0.112. The summed E-state index contributed by atoms with van der Waals surface area (Å²) in [6, 6.07) is 9.82. The Morgan fingerprint density at radius 1 is 1.43 bits per heavy atom. The van der Waals surface area contributed by atoms with Crippen LogP contribution >= 0.6 is 0 Å². The molecule has 1 atom stereocenters. The molecule has 0 aliphatic rings. The van der Waals surface area contributed by atoms with Gasteiger partial charge in [0.25, 0.3) is 0 Å². The standard InChI is InChI=1S/C11H16N2O/c1-9(7-12)11(14)13-8-10-5-3-2-4-6-10/h2-6,9H,7-8,12H2,1H3,(H,13,14). The summed E-state index contributed by atoms with van der Waals surface area (Å²) in [6.45, 7) is 2.78. The molecule has 0 radical (unpaired) electrons. The zero-order chi connectivity index (χ0) is 10.4. The molecule has 0 aromatic heterocycles. The van der Waals surface area contributed by atoms with Crippen molar-refractivity contribution >= 4 is 5.91 Å². The van der Waals surface area contributed by atoms with E-state index in [9.17, 15) is 4.79 Å². The Morgan fingerprint density at radius 2 is 2.07 bits per heavy atom. The fourth-order valence-corrected chi connectivity index (χ4v) is 1.07. The van der Waals surface area contributed by atoms with Crippen LogP contribution < -0.4 is 11.1 Å². The van der Waals surface area contributed by atoms with Gasteiger partial charge in [-0.25, -0.2) is 0 Å². The average Bonchev–Trinajstić information content (AvgIpc) is 2.26. The van der Waals surface area contributed by atoms with Crippen molar-refractivity contribution in [2.45, 2.75) is 13.5 Å². The second kappa shape index (κ2) is 5.40. The fourth-order valence-electron chi connectivity index (χ4n) is 1.07. The normalized spacial score (nSPS) is 12.1. The summed E-state index contributed by atoms with van der Waals surface area (Å²) in [6.07, 6.45) is 0. The van der Waals surface area contributed by atoms with E-state index in [0.717, 1.165) is 5.56 Å². The number of hydrogen-bond donors (Lipinski definition) is 2. The molecule has 0 aliphatic heterocycles. The van der Waals surface area contributed by atoms with Crippen LogP contribution in [-0.4, -0.2) is 12.5 Å². The van der Waals surface area contributed by atoms with Gasteiger partial charge < -0.3 is 11.1 Å². The van der Waals surface area contributed by atoms with Gasteiger partial charge in [0.1, 0.15) is 0 Å². The Morgan fingerprint density at radius 3 is 2.64 bits per heavy atom. The zero-order valence-electron chi connectivity index (χ0n) is 8.36. The van der Waals surface area contributed by atoms with Crippen LogP contribution in [0.5, 0.6) is 0 Å². The molecule has 3 heteroatoms. The van der Waals surface area contributed by atoms with Crippen molar-refractivity contribution < 1.29 is 4.79 Å². The van der Waals surface area contributed by atoms with Gasteiger partial charge in [0.15, 0.2) is 0 Å². The van der Waals surface area contributed by atoms with Gasteiger partial charge in [-0.1, -0.05) is 37.3 Å². The molecule has 0 heterocycles. The molecule has 3 N–H and O–H groups in total. The largest absolute Gasteiger partial charge is 0.352 e. The molecule has 0 saturated carbocycles. The molecule has 1 amide bonds. The van der Waals surface area contributed by atoms with Crippen LogP contribution in [0.15, 0.2) is 30.3 Å². The summed E-state index contributed by atoms with van der Waals surface area (Å²) in [4.78, 5) is 11.4. The van der Waals surface area contributed by atoms with Gasteiger partial charge in [0.2, 0.25) is 5.91 Å². The van der Waals surface area contributed by atoms with Gasteiger partial charge in [-0.3, -0.25) is 4.79 Å². The third kappa shape index (κ3) is 3.18. The fraction of sp³-hybridized carbons (Fsp3) is 0.364. The summed E-state index contributed by atoms with van der Waals surface area (Å²) in [5, 5.41) is 2.83. The van der Waals surface area contributed by atoms with Crippen molar-refractivity contribution in [3.8, 4) is 0 Å². The molecule has 3 nitrogen and oxygen atoms in total. The van der Waals surface area contributed by atoms with E-state index in [4.69, 9.17) is 5.73 Å². The first-order valence-electron chi connectivity index (χ1n) is 4.75. The van der Waals surface area contributed by atoms with Crippen LogP contribution in [0, 0.1) is 5.92 Å². The molecule has 0 bridgehead atoms. The predicted octanol–water partition coefficient (Wildman–Crippen LogP) is 0.898. The van der Waals surface area contributed by atoms with Crippen LogP contribution in [0.2, 0.25) is 0 Å². The Balaban J connectivity index is 2.38. The minimum Gasteiger partial charge on any atom is -0.352 e. The molecule has 1 unspecified atom stereocenters. The maximum absolute atomic E-state index is 11.4. The number of rotatable bonds is 4. The second-order valence-electron chi connectivity index (χ2n) is 3.34. The van der Waals surface area contributed by atoms with Crippen LogP contribution in [-0.2, 0) is 11.3 Å². The monoisotopic (exact) mass is 192 g/mol. The molecular formula is C11H16N2O. The topological polar surface area (TPSA) is 55.1 Å². The quantitative estimate of drug-likeness (QED) is 0.744. The van der Waals surface area contributed by atoms with Gasteiger partial charge in [-0.2, -0.15) is 0 Å². The highest BCUT2D eigenvalue weighted by Crippen LogP contribution is 1.98. The molecule has 1 rings (SSSR count). The van der Waals surface area contributed by atoms with E-state index >= 15 is 0 Å². The first-order chi connectivity index (χ1) is 6.74. The van der Waals surface area contributed by atoms with Gasteiger partial charge in [-0.05, 0) is 5.56 Å². The van der Waals surface area contributed by atoms with Crippen molar-refractivity contribution in [1.29, 1.82) is 0 Å². The third-order valence-corrected chi connectivity index (χ3v) is 2.11. The molecule has 1 aromatic carbocycles. The molecular weight excluding hydrogens is 176 g/mol. The summed E-state index contributed by atoms with van der Waals surface area (Å²) in [7, 11) is 0. The number of nitrogens with one attached hydrogen (secondary N) is 1. The SMILES string of the molecule is CC(CN)C(=O)NCc1ccccc1. The van der Waals surface area contributed by atoms with Gasteiger partial charge >= 0.3 is 0 Å². The second-order valence-corrected chi connectivity index (χ2v) is 3.34. The summed E-state index contributed by atoms with van der Waals surface area (Å²) >= 11 is 0. The Kier molecular flexibility index (Phi) is 4.13. The Hall–Kier alpha value is -1.35. The number of carbonyl (C=O) groups is 1. The number of hydrogen-bond acceptors (Lipinski definition) is 2. The average molecular weight is 192 g/mol. The maximum atomic E-state index is 11.4. The van der Waals surface area contributed by atoms with E-state index in [1.165, 1.54) is 0 Å². The van der Waals surface area contributed by atoms with Crippen LogP contribution in [0.3, 0.4) is 0 Å². The van der Waals surface area contributed by atoms with E-state index in [1.54, 1.807) is 0 Å². The first kappa shape index (κ1) is 10.7. The van der Waals surface area contributed by atoms with Crippen molar-refractivity contribution in [1.82, 2.24) is 5.32 Å². The number of carbonyl (C=O) groups excluding carboxylic acids is 1. The van der Waals surface area contributed by atoms with Gasteiger partial charge in [-0.15, -0.1) is 0 Å². The molecule has 14 heavy (non-hydrogen) atoms. The lowest BCUT2D eigenvalue weighted by atomic mass is 10.1. The highest BCUT2D eigenvalue weighted by Gasteiger charge is 2.09. The molecule has 0 fully saturated rings. The van der Waals surface area contributed by atoms with Gasteiger partial charge in [0, 0.05) is 19.0 Å². The van der Waals surface area contributed by atoms with Crippen molar-refractivity contribution in [3.63, 3.8) is 0 Å². The smallest absolute Gasteiger partial charge is 0.224 e.